The topological polar surface area (TPSA) is 81.7 Å². The first-order valence-corrected chi connectivity index (χ1v) is 5.76. The molecule has 6 nitrogen and oxygen atoms in total. The number of carbonyl (C=O) groups excluding carboxylic acids is 1. The lowest BCUT2D eigenvalue weighted by molar-refractivity contribution is -0.144. The Morgan fingerprint density at radius 1 is 1.35 bits per heavy atom. The van der Waals surface area contributed by atoms with E-state index in [0.29, 0.717) is 25.9 Å². The Bertz CT molecular complexity index is 269. The minimum atomic E-state index is -1.20. The van der Waals surface area contributed by atoms with Crippen LogP contribution in [0, 0.1) is 0 Å². The van der Waals surface area contributed by atoms with Gasteiger partial charge in [0.1, 0.15) is 5.54 Å². The molecular formula is C11H23N3O3. The summed E-state index contributed by atoms with van der Waals surface area (Å²) in [6.45, 7) is 4.60. The van der Waals surface area contributed by atoms with E-state index >= 15 is 0 Å². The first kappa shape index (κ1) is 15.7. The molecule has 100 valence electrons. The Kier molecular flexibility index (Phi) is 6.57. The standard InChI is InChI=1S/C11H23N3O3/c1-5-6-11(2,9(15)16)13-10(17)12-7-8-14(3)4/h5-8H2,1-4H3,(H,15,16)(H2,12,13,17). The first-order valence-electron chi connectivity index (χ1n) is 5.76. The molecule has 6 heteroatoms. The number of carboxylic acid groups (broad SMARTS) is 1. The average molecular weight is 245 g/mol. The SMILES string of the molecule is CCCC(C)(NC(=O)NCCN(C)C)C(=O)O. The van der Waals surface area contributed by atoms with E-state index in [1.807, 2.05) is 25.9 Å². The number of carboxylic acids is 1. The Hall–Kier alpha value is -1.30. The zero-order valence-corrected chi connectivity index (χ0v) is 11.0. The molecule has 0 aliphatic heterocycles. The highest BCUT2D eigenvalue weighted by Gasteiger charge is 2.33. The minimum absolute atomic E-state index is 0.406. The summed E-state index contributed by atoms with van der Waals surface area (Å²) in [4.78, 5) is 24.5. The van der Waals surface area contributed by atoms with Crippen LogP contribution in [0.15, 0.2) is 0 Å². The number of amides is 2. The molecule has 0 saturated heterocycles. The molecule has 0 radical (unpaired) electrons. The lowest BCUT2D eigenvalue weighted by Gasteiger charge is -2.26. The second-order valence-corrected chi connectivity index (χ2v) is 4.57. The fraction of sp³-hybridized carbons (Fsp3) is 0.818. The number of aliphatic carboxylic acids is 1. The van der Waals surface area contributed by atoms with Gasteiger partial charge in [-0.3, -0.25) is 0 Å². The van der Waals surface area contributed by atoms with Crippen molar-refractivity contribution in [3.8, 4) is 0 Å². The van der Waals surface area contributed by atoms with E-state index in [2.05, 4.69) is 10.6 Å². The molecule has 1 unspecified atom stereocenters. The number of nitrogens with one attached hydrogen (secondary N) is 2. The van der Waals surface area contributed by atoms with Crippen molar-refractivity contribution in [3.05, 3.63) is 0 Å². The van der Waals surface area contributed by atoms with Crippen LogP contribution in [-0.4, -0.2) is 54.7 Å². The number of urea groups is 1. The van der Waals surface area contributed by atoms with Crippen LogP contribution in [0.5, 0.6) is 0 Å². The lowest BCUT2D eigenvalue weighted by Crippen LogP contribution is -2.55. The van der Waals surface area contributed by atoms with E-state index in [1.165, 1.54) is 6.92 Å². The zero-order valence-electron chi connectivity index (χ0n) is 11.0. The van der Waals surface area contributed by atoms with Crippen LogP contribution >= 0.6 is 0 Å². The molecule has 2 amide bonds. The van der Waals surface area contributed by atoms with Gasteiger partial charge in [-0.25, -0.2) is 9.59 Å². The summed E-state index contributed by atoms with van der Waals surface area (Å²) < 4.78 is 0. The largest absolute Gasteiger partial charge is 0.480 e. The Balaban J connectivity index is 4.18. The van der Waals surface area contributed by atoms with Crippen LogP contribution in [0.2, 0.25) is 0 Å². The van der Waals surface area contributed by atoms with E-state index < -0.39 is 17.5 Å². The van der Waals surface area contributed by atoms with Crippen LogP contribution < -0.4 is 10.6 Å². The van der Waals surface area contributed by atoms with Crippen LogP contribution in [0.4, 0.5) is 4.79 Å². The molecule has 0 aromatic rings. The highest BCUT2D eigenvalue weighted by Crippen LogP contribution is 2.12. The van der Waals surface area contributed by atoms with Crippen molar-refractivity contribution in [2.45, 2.75) is 32.2 Å². The van der Waals surface area contributed by atoms with Crippen LogP contribution in [0.3, 0.4) is 0 Å². The molecule has 3 N–H and O–H groups in total. The van der Waals surface area contributed by atoms with E-state index in [0.717, 1.165) is 0 Å². The number of hydrogen-bond donors (Lipinski definition) is 3. The van der Waals surface area contributed by atoms with E-state index in [-0.39, 0.29) is 0 Å². The van der Waals surface area contributed by atoms with Gasteiger partial charge in [0.05, 0.1) is 0 Å². The highest BCUT2D eigenvalue weighted by molar-refractivity contribution is 5.85. The molecule has 0 spiro atoms. The fourth-order valence-corrected chi connectivity index (χ4v) is 1.41. The van der Waals surface area contributed by atoms with Gasteiger partial charge in [0, 0.05) is 13.1 Å². The summed E-state index contributed by atoms with van der Waals surface area (Å²) in [5.74, 6) is -1.01. The number of rotatable bonds is 7. The molecule has 0 heterocycles. The monoisotopic (exact) mass is 245 g/mol. The van der Waals surface area contributed by atoms with Crippen molar-refractivity contribution >= 4 is 12.0 Å². The number of hydrogen-bond acceptors (Lipinski definition) is 3. The Morgan fingerprint density at radius 3 is 2.35 bits per heavy atom. The molecule has 0 aliphatic carbocycles. The predicted octanol–water partition coefficient (Wildman–Crippen LogP) is 0.491. The Labute approximate surface area is 102 Å². The van der Waals surface area contributed by atoms with E-state index in [4.69, 9.17) is 5.11 Å². The number of nitrogens with zero attached hydrogens (tertiary/aromatic N) is 1. The van der Waals surface area contributed by atoms with Crippen LogP contribution in [0.25, 0.3) is 0 Å². The van der Waals surface area contributed by atoms with Gasteiger partial charge < -0.3 is 20.6 Å². The molecule has 17 heavy (non-hydrogen) atoms. The molecule has 0 aromatic heterocycles. The maximum atomic E-state index is 11.5. The van der Waals surface area contributed by atoms with E-state index in [9.17, 15) is 9.59 Å². The normalized spacial score (nSPS) is 14.2. The smallest absolute Gasteiger partial charge is 0.329 e. The van der Waals surface area contributed by atoms with Gasteiger partial charge in [0.15, 0.2) is 0 Å². The third kappa shape index (κ3) is 6.11. The number of carbonyl (C=O) groups is 2. The summed E-state index contributed by atoms with van der Waals surface area (Å²) in [6.07, 6.45) is 1.10. The maximum Gasteiger partial charge on any atom is 0.329 e. The van der Waals surface area contributed by atoms with Crippen molar-refractivity contribution in [3.63, 3.8) is 0 Å². The summed E-state index contributed by atoms with van der Waals surface area (Å²) in [5, 5.41) is 14.2. The van der Waals surface area contributed by atoms with Gasteiger partial charge in [-0.05, 0) is 27.4 Å². The van der Waals surface area contributed by atoms with Crippen molar-refractivity contribution < 1.29 is 14.7 Å². The van der Waals surface area contributed by atoms with Gasteiger partial charge >= 0.3 is 12.0 Å². The van der Waals surface area contributed by atoms with Crippen molar-refractivity contribution in [1.82, 2.24) is 15.5 Å². The molecule has 0 bridgehead atoms. The van der Waals surface area contributed by atoms with Crippen molar-refractivity contribution in [1.29, 1.82) is 0 Å². The van der Waals surface area contributed by atoms with Gasteiger partial charge in [0.25, 0.3) is 0 Å². The van der Waals surface area contributed by atoms with Crippen LogP contribution in [0.1, 0.15) is 26.7 Å². The van der Waals surface area contributed by atoms with E-state index in [1.54, 1.807) is 0 Å². The predicted molar refractivity (Wildman–Crippen MR) is 66.0 cm³/mol. The summed E-state index contributed by atoms with van der Waals surface area (Å²) in [6, 6.07) is -0.440. The molecular weight excluding hydrogens is 222 g/mol. The second kappa shape index (κ2) is 7.11. The quantitative estimate of drug-likeness (QED) is 0.609. The molecule has 1 atom stereocenters. The fourth-order valence-electron chi connectivity index (χ4n) is 1.41. The average Bonchev–Trinajstić information content (AvgIpc) is 2.16. The third-order valence-electron chi connectivity index (χ3n) is 2.46. The third-order valence-corrected chi connectivity index (χ3v) is 2.46. The maximum absolute atomic E-state index is 11.5. The van der Waals surface area contributed by atoms with Gasteiger partial charge in [-0.1, -0.05) is 13.3 Å². The summed E-state index contributed by atoms with van der Waals surface area (Å²) in [7, 11) is 3.80. The van der Waals surface area contributed by atoms with Gasteiger partial charge in [-0.2, -0.15) is 0 Å². The number of likely N-dealkylation sites (N-methyl/N-ethyl adjacent to an activating group) is 1. The minimum Gasteiger partial charge on any atom is -0.480 e. The Morgan fingerprint density at radius 2 is 1.94 bits per heavy atom. The summed E-state index contributed by atoms with van der Waals surface area (Å²) in [5.41, 5.74) is -1.20. The molecule has 0 saturated carbocycles. The first-order chi connectivity index (χ1) is 7.81. The zero-order chi connectivity index (χ0) is 13.5. The van der Waals surface area contributed by atoms with Crippen molar-refractivity contribution in [2.75, 3.05) is 27.2 Å². The molecule has 0 aromatic carbocycles. The summed E-state index contributed by atoms with van der Waals surface area (Å²) >= 11 is 0. The lowest BCUT2D eigenvalue weighted by atomic mass is 9.97. The van der Waals surface area contributed by atoms with Gasteiger partial charge in [-0.15, -0.1) is 0 Å². The molecule has 0 fully saturated rings. The van der Waals surface area contributed by atoms with Gasteiger partial charge in [0.2, 0.25) is 0 Å². The second-order valence-electron chi connectivity index (χ2n) is 4.57. The molecule has 0 aliphatic rings. The highest BCUT2D eigenvalue weighted by atomic mass is 16.4. The van der Waals surface area contributed by atoms with Crippen LogP contribution in [-0.2, 0) is 4.79 Å². The van der Waals surface area contributed by atoms with Crippen molar-refractivity contribution in [2.24, 2.45) is 0 Å². The molecule has 0 rings (SSSR count).